The largest absolute Gasteiger partial charge is 0.466 e. The molecule has 0 saturated heterocycles. The fourth-order valence-corrected chi connectivity index (χ4v) is 3.85. The zero-order valence-corrected chi connectivity index (χ0v) is 24.2. The normalized spacial score (nSPS) is 13.6. The molecule has 0 aliphatic heterocycles. The molecule has 208 valence electrons. The van der Waals surface area contributed by atoms with E-state index in [4.69, 9.17) is 9.47 Å². The van der Waals surface area contributed by atoms with Gasteiger partial charge >= 0.3 is 12.1 Å². The smallest absolute Gasteiger partial charge is 0.408 e. The Hall–Kier alpha value is -2.75. The first-order valence-corrected chi connectivity index (χ1v) is 13.3. The van der Waals surface area contributed by atoms with Gasteiger partial charge < -0.3 is 25.0 Å². The van der Waals surface area contributed by atoms with Gasteiger partial charge in [0, 0.05) is 18.3 Å². The number of rotatable bonds is 12. The van der Waals surface area contributed by atoms with Gasteiger partial charge in [0.25, 0.3) is 0 Å². The van der Waals surface area contributed by atoms with E-state index < -0.39 is 41.6 Å². The van der Waals surface area contributed by atoms with Crippen molar-refractivity contribution in [2.24, 2.45) is 0 Å². The summed E-state index contributed by atoms with van der Waals surface area (Å²) < 4.78 is 10.3. The second-order valence-corrected chi connectivity index (χ2v) is 10.3. The summed E-state index contributed by atoms with van der Waals surface area (Å²) >= 11 is 4.30. The van der Waals surface area contributed by atoms with Crippen LogP contribution in [0, 0.1) is 13.8 Å². The number of aryl methyl sites for hydroxylation is 2. The minimum Gasteiger partial charge on any atom is -0.466 e. The van der Waals surface area contributed by atoms with E-state index in [9.17, 15) is 19.2 Å². The maximum Gasteiger partial charge on any atom is 0.408 e. The molecule has 1 aromatic rings. The molecule has 10 heteroatoms. The number of nitrogens with one attached hydrogen (secondary N) is 2. The summed E-state index contributed by atoms with van der Waals surface area (Å²) in [6, 6.07) is 3.23. The number of thiol groups is 1. The summed E-state index contributed by atoms with van der Waals surface area (Å²) in [6.45, 7) is 14.9. The third-order valence-corrected chi connectivity index (χ3v) is 6.16. The Bertz CT molecular complexity index is 947. The second kappa shape index (κ2) is 14.9. The van der Waals surface area contributed by atoms with Gasteiger partial charge in [-0.15, -0.1) is 0 Å². The molecule has 0 fully saturated rings. The second-order valence-electron chi connectivity index (χ2n) is 9.98. The van der Waals surface area contributed by atoms with Crippen LogP contribution in [0.1, 0.15) is 77.1 Å². The molecule has 0 spiro atoms. The van der Waals surface area contributed by atoms with E-state index in [1.54, 1.807) is 27.7 Å². The molecule has 0 saturated carbocycles. The first-order chi connectivity index (χ1) is 17.2. The van der Waals surface area contributed by atoms with E-state index in [-0.39, 0.29) is 31.4 Å². The molecule has 0 aromatic heterocycles. The topological polar surface area (TPSA) is 114 Å². The summed E-state index contributed by atoms with van der Waals surface area (Å²) in [6.07, 6.45) is -0.171. The number of hydrogen-bond donors (Lipinski definition) is 3. The third kappa shape index (κ3) is 10.3. The molecule has 0 aliphatic rings. The molecule has 9 nitrogen and oxygen atoms in total. The van der Waals surface area contributed by atoms with E-state index in [2.05, 4.69) is 23.3 Å². The van der Waals surface area contributed by atoms with Crippen LogP contribution in [0.2, 0.25) is 0 Å². The maximum atomic E-state index is 13.9. The Morgan fingerprint density at radius 1 is 1.08 bits per heavy atom. The molecule has 0 radical (unpaired) electrons. The summed E-state index contributed by atoms with van der Waals surface area (Å²) in [4.78, 5) is 53.2. The number of nitrogens with zero attached hydrogens (tertiary/aromatic N) is 1. The average Bonchev–Trinajstić information content (AvgIpc) is 2.80. The van der Waals surface area contributed by atoms with Gasteiger partial charge in [-0.3, -0.25) is 14.4 Å². The van der Waals surface area contributed by atoms with Gasteiger partial charge in [0.2, 0.25) is 11.8 Å². The SMILES string of the molecule is CCOC(=O)CCNC(=O)C(c1ccc(C)c(C)c1)N(C(=O)C(CS)NC(=O)OC(C)(C)C)C(C)CC. The monoisotopic (exact) mass is 537 g/mol. The average molecular weight is 538 g/mol. The Morgan fingerprint density at radius 2 is 1.73 bits per heavy atom. The molecule has 3 amide bonds. The highest BCUT2D eigenvalue weighted by Gasteiger charge is 2.38. The Balaban J connectivity index is 3.40. The van der Waals surface area contributed by atoms with Crippen molar-refractivity contribution in [2.75, 3.05) is 18.9 Å². The number of amides is 3. The first-order valence-electron chi connectivity index (χ1n) is 12.7. The van der Waals surface area contributed by atoms with Gasteiger partial charge in [-0.25, -0.2) is 4.79 Å². The molecule has 37 heavy (non-hydrogen) atoms. The Kier molecular flexibility index (Phi) is 13.0. The Labute approximate surface area is 226 Å². The quantitative estimate of drug-likeness (QED) is 0.276. The molecule has 3 unspecified atom stereocenters. The fourth-order valence-electron chi connectivity index (χ4n) is 3.60. The predicted octanol–water partition coefficient (Wildman–Crippen LogP) is 3.86. The summed E-state index contributed by atoms with van der Waals surface area (Å²) in [5.74, 6) is -1.30. The van der Waals surface area contributed by atoms with Crippen molar-refractivity contribution in [1.82, 2.24) is 15.5 Å². The van der Waals surface area contributed by atoms with Gasteiger partial charge in [-0.1, -0.05) is 25.1 Å². The number of hydrogen-bond acceptors (Lipinski definition) is 7. The molecule has 2 N–H and O–H groups in total. The van der Waals surface area contributed by atoms with Crippen LogP contribution in [0.25, 0.3) is 0 Å². The van der Waals surface area contributed by atoms with Crippen molar-refractivity contribution in [3.63, 3.8) is 0 Å². The molecule has 1 aromatic carbocycles. The molecule has 3 atom stereocenters. The van der Waals surface area contributed by atoms with Gasteiger partial charge in [0.15, 0.2) is 0 Å². The van der Waals surface area contributed by atoms with Crippen LogP contribution in [0.5, 0.6) is 0 Å². The fraction of sp³-hybridized carbons (Fsp3) is 0.630. The van der Waals surface area contributed by atoms with Crippen LogP contribution in [-0.2, 0) is 23.9 Å². The highest BCUT2D eigenvalue weighted by atomic mass is 32.1. The van der Waals surface area contributed by atoms with Crippen molar-refractivity contribution in [1.29, 1.82) is 0 Å². The minimum absolute atomic E-state index is 0.00906. The number of carbonyl (C=O) groups is 4. The summed E-state index contributed by atoms with van der Waals surface area (Å²) in [5, 5.41) is 5.38. The van der Waals surface area contributed by atoms with Crippen LogP contribution in [0.3, 0.4) is 0 Å². The first kappa shape index (κ1) is 32.3. The number of ether oxygens (including phenoxy) is 2. The predicted molar refractivity (Wildman–Crippen MR) is 147 cm³/mol. The lowest BCUT2D eigenvalue weighted by Gasteiger charge is -2.38. The molecular weight excluding hydrogens is 494 g/mol. The molecule has 0 heterocycles. The highest BCUT2D eigenvalue weighted by Crippen LogP contribution is 2.28. The van der Waals surface area contributed by atoms with Crippen molar-refractivity contribution >= 4 is 36.5 Å². The van der Waals surface area contributed by atoms with Gasteiger partial charge in [0.1, 0.15) is 17.7 Å². The number of alkyl carbamates (subject to hydrolysis) is 1. The standard InChI is InChI=1S/C27H43N3O6S/c1-9-19(5)30(25(33)21(16-37)29-26(34)36-27(6,7)8)23(20-12-11-17(3)18(4)15-20)24(32)28-14-13-22(31)35-10-2/h11-12,15,19,21,23,37H,9-10,13-14,16H2,1-8H3,(H,28,32)(H,29,34). The van der Waals surface area contributed by atoms with Crippen molar-refractivity contribution in [3.05, 3.63) is 34.9 Å². The minimum atomic E-state index is -1.02. The highest BCUT2D eigenvalue weighted by molar-refractivity contribution is 7.80. The van der Waals surface area contributed by atoms with Crippen molar-refractivity contribution < 1.29 is 28.7 Å². The third-order valence-electron chi connectivity index (χ3n) is 5.80. The lowest BCUT2D eigenvalue weighted by Crippen LogP contribution is -2.56. The van der Waals surface area contributed by atoms with E-state index in [1.807, 2.05) is 45.9 Å². The van der Waals surface area contributed by atoms with Crippen LogP contribution in [-0.4, -0.2) is 65.4 Å². The zero-order chi connectivity index (χ0) is 28.3. The van der Waals surface area contributed by atoms with Gasteiger partial charge in [-0.05, 0) is 71.6 Å². The molecule has 1 rings (SSSR count). The zero-order valence-electron chi connectivity index (χ0n) is 23.3. The summed E-state index contributed by atoms with van der Waals surface area (Å²) in [5.41, 5.74) is 1.90. The van der Waals surface area contributed by atoms with E-state index in [0.29, 0.717) is 12.0 Å². The Morgan fingerprint density at radius 3 is 2.24 bits per heavy atom. The van der Waals surface area contributed by atoms with Crippen LogP contribution >= 0.6 is 12.6 Å². The lowest BCUT2D eigenvalue weighted by atomic mass is 9.97. The van der Waals surface area contributed by atoms with Crippen LogP contribution < -0.4 is 10.6 Å². The lowest BCUT2D eigenvalue weighted by molar-refractivity contribution is -0.145. The number of esters is 1. The van der Waals surface area contributed by atoms with Crippen molar-refractivity contribution in [3.8, 4) is 0 Å². The van der Waals surface area contributed by atoms with Gasteiger partial charge in [0.05, 0.1) is 13.0 Å². The van der Waals surface area contributed by atoms with Crippen molar-refractivity contribution in [2.45, 2.75) is 92.0 Å². The maximum absolute atomic E-state index is 13.9. The molecule has 0 bridgehead atoms. The number of carbonyl (C=O) groups excluding carboxylic acids is 4. The number of benzene rings is 1. The van der Waals surface area contributed by atoms with Crippen LogP contribution in [0.15, 0.2) is 18.2 Å². The van der Waals surface area contributed by atoms with E-state index in [1.165, 1.54) is 4.90 Å². The molecule has 0 aliphatic carbocycles. The summed E-state index contributed by atoms with van der Waals surface area (Å²) in [7, 11) is 0. The van der Waals surface area contributed by atoms with E-state index >= 15 is 0 Å². The van der Waals surface area contributed by atoms with Crippen LogP contribution in [0.4, 0.5) is 4.79 Å². The molecular formula is C27H43N3O6S. The van der Waals surface area contributed by atoms with E-state index in [0.717, 1.165) is 11.1 Å². The van der Waals surface area contributed by atoms with Gasteiger partial charge in [-0.2, -0.15) is 12.6 Å².